The summed E-state index contributed by atoms with van der Waals surface area (Å²) in [6, 6.07) is 4.72. The standard InChI is InChI=1S/C14H17N3O5/c15-8(13(18)19)5-7(6-9(16)14(20)21)12-17-10-3-1-2-4-11(10)22-12/h1-4,7-9H,5-6,15-16H2,(H,18,19)(H,20,21). The number of nitrogens with two attached hydrogens (primary N) is 2. The smallest absolute Gasteiger partial charge is 0.320 e. The van der Waals surface area contributed by atoms with Crippen molar-refractivity contribution in [3.05, 3.63) is 30.2 Å². The number of fused-ring (bicyclic) bond motifs is 1. The molecule has 22 heavy (non-hydrogen) atoms. The van der Waals surface area contributed by atoms with Gasteiger partial charge in [-0.25, -0.2) is 4.98 Å². The Balaban J connectivity index is 2.29. The fourth-order valence-corrected chi connectivity index (χ4v) is 2.18. The number of benzene rings is 1. The highest BCUT2D eigenvalue weighted by molar-refractivity contribution is 5.74. The van der Waals surface area contributed by atoms with E-state index in [4.69, 9.17) is 26.1 Å². The van der Waals surface area contributed by atoms with Crippen LogP contribution >= 0.6 is 0 Å². The Morgan fingerprint density at radius 3 is 2.14 bits per heavy atom. The maximum Gasteiger partial charge on any atom is 0.320 e. The van der Waals surface area contributed by atoms with E-state index in [1.807, 2.05) is 0 Å². The van der Waals surface area contributed by atoms with Crippen LogP contribution in [0.25, 0.3) is 11.1 Å². The highest BCUT2D eigenvalue weighted by Gasteiger charge is 2.28. The molecule has 0 amide bonds. The van der Waals surface area contributed by atoms with Crippen molar-refractivity contribution in [3.63, 3.8) is 0 Å². The van der Waals surface area contributed by atoms with Crippen molar-refractivity contribution >= 4 is 23.0 Å². The van der Waals surface area contributed by atoms with Crippen LogP contribution in [0.15, 0.2) is 28.7 Å². The van der Waals surface area contributed by atoms with Crippen molar-refractivity contribution < 1.29 is 24.2 Å². The lowest BCUT2D eigenvalue weighted by Crippen LogP contribution is -2.36. The number of oxazole rings is 1. The minimum absolute atomic E-state index is 0.0108. The van der Waals surface area contributed by atoms with Crippen LogP contribution in [0.5, 0.6) is 0 Å². The molecule has 0 bridgehead atoms. The Hall–Kier alpha value is -2.45. The number of carboxylic acid groups (broad SMARTS) is 2. The molecule has 8 nitrogen and oxygen atoms in total. The van der Waals surface area contributed by atoms with Gasteiger partial charge in [0.15, 0.2) is 11.5 Å². The second kappa shape index (κ2) is 6.54. The van der Waals surface area contributed by atoms with E-state index in [2.05, 4.69) is 4.98 Å². The van der Waals surface area contributed by atoms with E-state index in [0.717, 1.165) is 0 Å². The third-order valence-electron chi connectivity index (χ3n) is 3.37. The molecule has 2 atom stereocenters. The van der Waals surface area contributed by atoms with Crippen LogP contribution in [0.1, 0.15) is 24.7 Å². The summed E-state index contributed by atoms with van der Waals surface area (Å²) < 4.78 is 5.58. The van der Waals surface area contributed by atoms with Crippen LogP contribution in [0.4, 0.5) is 0 Å². The first kappa shape index (κ1) is 15.9. The quantitative estimate of drug-likeness (QED) is 0.577. The molecule has 6 N–H and O–H groups in total. The second-order valence-electron chi connectivity index (χ2n) is 5.08. The molecule has 0 saturated heterocycles. The highest BCUT2D eigenvalue weighted by atomic mass is 16.4. The number of carboxylic acids is 2. The van der Waals surface area contributed by atoms with Crippen LogP contribution in [0.2, 0.25) is 0 Å². The zero-order valence-corrected chi connectivity index (χ0v) is 11.7. The van der Waals surface area contributed by atoms with Gasteiger partial charge in [-0.05, 0) is 25.0 Å². The first-order valence-corrected chi connectivity index (χ1v) is 6.70. The first-order valence-electron chi connectivity index (χ1n) is 6.70. The molecule has 1 heterocycles. The van der Waals surface area contributed by atoms with E-state index >= 15 is 0 Å². The fourth-order valence-electron chi connectivity index (χ4n) is 2.18. The number of carbonyl (C=O) groups is 2. The van der Waals surface area contributed by atoms with Crippen molar-refractivity contribution in [3.8, 4) is 0 Å². The topological polar surface area (TPSA) is 153 Å². The van der Waals surface area contributed by atoms with Gasteiger partial charge in [-0.1, -0.05) is 12.1 Å². The minimum Gasteiger partial charge on any atom is -0.480 e. The molecule has 0 aliphatic rings. The van der Waals surface area contributed by atoms with Gasteiger partial charge in [0, 0.05) is 5.92 Å². The maximum absolute atomic E-state index is 10.9. The summed E-state index contributed by atoms with van der Waals surface area (Å²) in [6.07, 6.45) is -0.0216. The molecule has 2 aromatic rings. The number of hydrogen-bond donors (Lipinski definition) is 4. The van der Waals surface area contributed by atoms with Crippen LogP contribution in [-0.4, -0.2) is 39.2 Å². The molecule has 1 aromatic heterocycles. The predicted molar refractivity (Wildman–Crippen MR) is 77.2 cm³/mol. The van der Waals surface area contributed by atoms with Gasteiger partial charge < -0.3 is 26.1 Å². The molecular formula is C14H17N3O5. The average molecular weight is 307 g/mol. The lowest BCUT2D eigenvalue weighted by atomic mass is 9.93. The first-order chi connectivity index (χ1) is 10.4. The summed E-state index contributed by atoms with van der Waals surface area (Å²) in [6.45, 7) is 0. The van der Waals surface area contributed by atoms with Gasteiger partial charge >= 0.3 is 11.9 Å². The summed E-state index contributed by atoms with van der Waals surface area (Å²) in [7, 11) is 0. The molecular weight excluding hydrogens is 290 g/mol. The zero-order valence-electron chi connectivity index (χ0n) is 11.7. The molecule has 0 radical (unpaired) electrons. The number of rotatable bonds is 7. The molecule has 1 aromatic carbocycles. The van der Waals surface area contributed by atoms with Crippen molar-refractivity contribution in [2.24, 2.45) is 11.5 Å². The lowest BCUT2D eigenvalue weighted by Gasteiger charge is -2.17. The molecule has 118 valence electrons. The van der Waals surface area contributed by atoms with Gasteiger partial charge in [-0.3, -0.25) is 9.59 Å². The number of nitrogens with zero attached hydrogens (tertiary/aromatic N) is 1. The fraction of sp³-hybridized carbons (Fsp3) is 0.357. The number of para-hydroxylation sites is 2. The van der Waals surface area contributed by atoms with Gasteiger partial charge in [-0.15, -0.1) is 0 Å². The van der Waals surface area contributed by atoms with Gasteiger partial charge in [0.25, 0.3) is 0 Å². The minimum atomic E-state index is -1.18. The Bertz CT molecular complexity index is 629. The summed E-state index contributed by atoms with van der Waals surface area (Å²) in [4.78, 5) is 26.1. The molecule has 2 rings (SSSR count). The average Bonchev–Trinajstić information content (AvgIpc) is 2.89. The Kier molecular flexibility index (Phi) is 4.74. The zero-order chi connectivity index (χ0) is 16.3. The largest absolute Gasteiger partial charge is 0.480 e. The normalized spacial score (nSPS) is 15.4. The predicted octanol–water partition coefficient (Wildman–Crippen LogP) is 0.515. The van der Waals surface area contributed by atoms with E-state index < -0.39 is 29.9 Å². The Morgan fingerprint density at radius 1 is 1.09 bits per heavy atom. The molecule has 0 fully saturated rings. The summed E-state index contributed by atoms with van der Waals surface area (Å²) in [5.74, 6) is -2.70. The van der Waals surface area contributed by atoms with Crippen molar-refractivity contribution in [2.45, 2.75) is 30.8 Å². The molecule has 0 spiro atoms. The highest BCUT2D eigenvalue weighted by Crippen LogP contribution is 2.28. The third-order valence-corrected chi connectivity index (χ3v) is 3.37. The SMILES string of the molecule is NC(CC(CC(N)C(=O)O)c1nc2ccccc2o1)C(=O)O. The van der Waals surface area contributed by atoms with Crippen LogP contribution in [0.3, 0.4) is 0 Å². The van der Waals surface area contributed by atoms with Crippen molar-refractivity contribution in [1.29, 1.82) is 0 Å². The van der Waals surface area contributed by atoms with Gasteiger partial charge in [-0.2, -0.15) is 0 Å². The number of hydrogen-bond acceptors (Lipinski definition) is 6. The van der Waals surface area contributed by atoms with E-state index in [0.29, 0.717) is 11.1 Å². The third kappa shape index (κ3) is 3.60. The Labute approximate surface area is 125 Å². The summed E-state index contributed by atoms with van der Waals surface area (Å²) in [5.41, 5.74) is 12.2. The van der Waals surface area contributed by atoms with E-state index in [1.54, 1.807) is 24.3 Å². The molecule has 0 aliphatic heterocycles. The van der Waals surface area contributed by atoms with E-state index in [1.165, 1.54) is 0 Å². The summed E-state index contributed by atoms with van der Waals surface area (Å²) in [5, 5.41) is 17.9. The van der Waals surface area contributed by atoms with E-state index in [9.17, 15) is 9.59 Å². The van der Waals surface area contributed by atoms with Crippen molar-refractivity contribution in [1.82, 2.24) is 4.98 Å². The molecule has 2 unspecified atom stereocenters. The summed E-state index contributed by atoms with van der Waals surface area (Å²) >= 11 is 0. The van der Waals surface area contributed by atoms with Gasteiger partial charge in [0.1, 0.15) is 17.6 Å². The second-order valence-corrected chi connectivity index (χ2v) is 5.08. The van der Waals surface area contributed by atoms with Crippen LogP contribution < -0.4 is 11.5 Å². The Morgan fingerprint density at radius 2 is 1.64 bits per heavy atom. The van der Waals surface area contributed by atoms with Gasteiger partial charge in [0.05, 0.1) is 0 Å². The van der Waals surface area contributed by atoms with Crippen molar-refractivity contribution in [2.75, 3.05) is 0 Å². The maximum atomic E-state index is 10.9. The van der Waals surface area contributed by atoms with Gasteiger partial charge in [0.2, 0.25) is 0 Å². The van der Waals surface area contributed by atoms with Crippen LogP contribution in [0, 0.1) is 0 Å². The monoisotopic (exact) mass is 307 g/mol. The lowest BCUT2D eigenvalue weighted by molar-refractivity contribution is -0.139. The van der Waals surface area contributed by atoms with E-state index in [-0.39, 0.29) is 18.7 Å². The van der Waals surface area contributed by atoms with Crippen LogP contribution in [-0.2, 0) is 9.59 Å². The molecule has 0 aliphatic carbocycles. The molecule has 8 heteroatoms. The number of aliphatic carboxylic acids is 2. The number of aromatic nitrogens is 1. The molecule has 0 saturated carbocycles.